The molecule has 1 fully saturated rings. The topological polar surface area (TPSA) is 80.2 Å². The molecule has 0 saturated carbocycles. The monoisotopic (exact) mass is 445 g/mol. The molecular formula is C21H27N5O2S2. The summed E-state index contributed by atoms with van der Waals surface area (Å²) in [5.74, 6) is 0.660. The number of hydrogen-bond donors (Lipinski definition) is 1. The second kappa shape index (κ2) is 8.30. The van der Waals surface area contributed by atoms with Gasteiger partial charge < -0.3 is 4.74 Å². The van der Waals surface area contributed by atoms with Crippen molar-refractivity contribution in [1.82, 2.24) is 19.9 Å². The van der Waals surface area contributed by atoms with Crippen molar-refractivity contribution in [3.05, 3.63) is 33.0 Å². The maximum absolute atomic E-state index is 13.0. The number of carbonyl (C=O) groups excluding carboxylic acids is 1. The van der Waals surface area contributed by atoms with Gasteiger partial charge in [-0.2, -0.15) is 0 Å². The number of nitrogens with zero attached hydrogens (tertiary/aromatic N) is 4. The quantitative estimate of drug-likeness (QED) is 0.650. The van der Waals surface area contributed by atoms with E-state index in [0.29, 0.717) is 10.0 Å². The van der Waals surface area contributed by atoms with Crippen molar-refractivity contribution in [2.75, 3.05) is 31.6 Å². The summed E-state index contributed by atoms with van der Waals surface area (Å²) in [5.41, 5.74) is 2.67. The first kappa shape index (κ1) is 21.3. The van der Waals surface area contributed by atoms with Gasteiger partial charge in [-0.15, -0.1) is 22.7 Å². The van der Waals surface area contributed by atoms with Crippen LogP contribution in [0, 0.1) is 13.8 Å². The minimum absolute atomic E-state index is 0.139. The maximum Gasteiger partial charge on any atom is 0.267 e. The van der Waals surface area contributed by atoms with Crippen LogP contribution in [0.2, 0.25) is 0 Å². The Morgan fingerprint density at radius 2 is 1.93 bits per heavy atom. The lowest BCUT2D eigenvalue weighted by molar-refractivity contribution is 0.0337. The summed E-state index contributed by atoms with van der Waals surface area (Å²) in [5, 5.41) is 6.58. The van der Waals surface area contributed by atoms with Gasteiger partial charge in [-0.25, -0.2) is 15.0 Å². The van der Waals surface area contributed by atoms with Crippen LogP contribution in [0.4, 0.5) is 5.13 Å². The normalized spacial score (nSPS) is 15.6. The van der Waals surface area contributed by atoms with Gasteiger partial charge in [0.2, 0.25) is 0 Å². The van der Waals surface area contributed by atoms with Crippen LogP contribution in [-0.4, -0.2) is 52.1 Å². The lowest BCUT2D eigenvalue weighted by Crippen LogP contribution is -2.35. The van der Waals surface area contributed by atoms with E-state index in [1.54, 1.807) is 0 Å². The van der Waals surface area contributed by atoms with E-state index in [1.807, 2.05) is 19.2 Å². The van der Waals surface area contributed by atoms with Crippen LogP contribution < -0.4 is 5.32 Å². The minimum atomic E-state index is -0.142. The number of rotatable bonds is 4. The van der Waals surface area contributed by atoms with E-state index >= 15 is 0 Å². The molecule has 1 N–H and O–H groups in total. The first-order valence-corrected chi connectivity index (χ1v) is 11.8. The summed E-state index contributed by atoms with van der Waals surface area (Å²) in [6.45, 7) is 14.4. The second-order valence-corrected chi connectivity index (χ2v) is 10.5. The number of morpholine rings is 1. The van der Waals surface area contributed by atoms with Crippen LogP contribution in [0.3, 0.4) is 0 Å². The number of hydrogen-bond acceptors (Lipinski definition) is 8. The molecule has 4 heterocycles. The molecule has 7 nitrogen and oxygen atoms in total. The number of amides is 1. The zero-order valence-electron chi connectivity index (χ0n) is 18.0. The molecule has 0 radical (unpaired) electrons. The Morgan fingerprint density at radius 1 is 1.20 bits per heavy atom. The maximum atomic E-state index is 13.0. The number of fused-ring (bicyclic) bond motifs is 1. The van der Waals surface area contributed by atoms with Crippen LogP contribution in [0.15, 0.2) is 5.38 Å². The predicted molar refractivity (Wildman–Crippen MR) is 122 cm³/mol. The molecule has 1 aliphatic rings. The summed E-state index contributed by atoms with van der Waals surface area (Å²) < 4.78 is 5.39. The second-order valence-electron chi connectivity index (χ2n) is 8.61. The summed E-state index contributed by atoms with van der Waals surface area (Å²) in [4.78, 5) is 30.9. The predicted octanol–water partition coefficient (Wildman–Crippen LogP) is 4.15. The lowest BCUT2D eigenvalue weighted by atomic mass is 9.95. The average molecular weight is 446 g/mol. The van der Waals surface area contributed by atoms with Crippen LogP contribution >= 0.6 is 22.7 Å². The Balaban J connectivity index is 1.53. The fourth-order valence-electron chi connectivity index (χ4n) is 3.47. The zero-order chi connectivity index (χ0) is 21.5. The number of aryl methyl sites for hydroxylation is 2. The summed E-state index contributed by atoms with van der Waals surface area (Å²) >= 11 is 2.88. The highest BCUT2D eigenvalue weighted by atomic mass is 32.1. The van der Waals surface area contributed by atoms with E-state index in [4.69, 9.17) is 9.72 Å². The van der Waals surface area contributed by atoms with Crippen molar-refractivity contribution >= 4 is 43.9 Å². The largest absolute Gasteiger partial charge is 0.379 e. The zero-order valence-corrected chi connectivity index (χ0v) is 19.7. The first-order chi connectivity index (χ1) is 14.2. The van der Waals surface area contributed by atoms with Gasteiger partial charge in [0.1, 0.15) is 10.7 Å². The fraction of sp³-hybridized carbons (Fsp3) is 0.524. The molecule has 3 aromatic rings. The number of nitrogens with one attached hydrogen (secondary N) is 1. The average Bonchev–Trinajstić information content (AvgIpc) is 3.26. The highest BCUT2D eigenvalue weighted by molar-refractivity contribution is 7.21. The van der Waals surface area contributed by atoms with Gasteiger partial charge in [-0.05, 0) is 19.4 Å². The van der Waals surface area contributed by atoms with Gasteiger partial charge in [0.05, 0.1) is 29.5 Å². The van der Waals surface area contributed by atoms with Crippen molar-refractivity contribution in [2.45, 2.75) is 46.6 Å². The smallest absolute Gasteiger partial charge is 0.267 e. The molecule has 1 aliphatic heterocycles. The standard InChI is InChI=1S/C21H27N5O2S2/c1-12-15-13(2)22-19(21(3,4)5)25-18(15)30-16(12)17(27)24-20-23-14(11-29-20)10-26-6-8-28-9-7-26/h11H,6-10H2,1-5H3,(H,23,24,27). The minimum Gasteiger partial charge on any atom is -0.379 e. The number of thiazole rings is 1. The van der Waals surface area contributed by atoms with Gasteiger partial charge in [0, 0.05) is 35.8 Å². The molecule has 0 spiro atoms. The molecule has 0 aliphatic carbocycles. The van der Waals surface area contributed by atoms with E-state index < -0.39 is 0 Å². The summed E-state index contributed by atoms with van der Waals surface area (Å²) in [6, 6.07) is 0. The van der Waals surface area contributed by atoms with Crippen LogP contribution in [0.5, 0.6) is 0 Å². The van der Waals surface area contributed by atoms with Gasteiger partial charge >= 0.3 is 0 Å². The molecule has 0 unspecified atom stereocenters. The third-order valence-electron chi connectivity index (χ3n) is 5.11. The highest BCUT2D eigenvalue weighted by Gasteiger charge is 2.24. The number of thiophene rings is 1. The van der Waals surface area contributed by atoms with Crippen LogP contribution in [0.25, 0.3) is 10.2 Å². The Labute approximate surface area is 184 Å². The molecule has 9 heteroatoms. The Bertz CT molecular complexity index is 1080. The third kappa shape index (κ3) is 4.39. The highest BCUT2D eigenvalue weighted by Crippen LogP contribution is 2.33. The number of ether oxygens (including phenoxy) is 1. The molecule has 1 saturated heterocycles. The van der Waals surface area contributed by atoms with Crippen molar-refractivity contribution in [2.24, 2.45) is 0 Å². The van der Waals surface area contributed by atoms with Gasteiger partial charge in [0.25, 0.3) is 5.91 Å². The molecule has 0 atom stereocenters. The third-order valence-corrected chi connectivity index (χ3v) is 7.10. The van der Waals surface area contributed by atoms with Gasteiger partial charge in [-0.1, -0.05) is 20.8 Å². The summed E-state index contributed by atoms with van der Waals surface area (Å²) in [6.07, 6.45) is 0. The van der Waals surface area contributed by atoms with Gasteiger partial charge in [-0.3, -0.25) is 15.0 Å². The molecular weight excluding hydrogens is 418 g/mol. The van der Waals surface area contributed by atoms with Crippen molar-refractivity contribution < 1.29 is 9.53 Å². The molecule has 30 heavy (non-hydrogen) atoms. The molecule has 4 rings (SSSR count). The van der Waals surface area contributed by atoms with Crippen LogP contribution in [-0.2, 0) is 16.7 Å². The SMILES string of the molecule is Cc1nc(C(C)(C)C)nc2sc(C(=O)Nc3nc(CN4CCOCC4)cs3)c(C)c12. The van der Waals surface area contributed by atoms with Crippen LogP contribution in [0.1, 0.15) is 53.2 Å². The molecule has 0 bridgehead atoms. The number of aromatic nitrogens is 3. The fourth-order valence-corrected chi connectivity index (χ4v) is 5.29. The number of anilines is 1. The number of carbonyl (C=O) groups is 1. The summed E-state index contributed by atoms with van der Waals surface area (Å²) in [7, 11) is 0. The van der Waals surface area contributed by atoms with E-state index in [-0.39, 0.29) is 11.3 Å². The van der Waals surface area contributed by atoms with E-state index in [9.17, 15) is 4.79 Å². The van der Waals surface area contributed by atoms with E-state index in [0.717, 1.165) is 65.8 Å². The van der Waals surface area contributed by atoms with E-state index in [2.05, 4.69) is 41.0 Å². The van der Waals surface area contributed by atoms with Crippen molar-refractivity contribution in [3.63, 3.8) is 0 Å². The molecule has 1 amide bonds. The molecule has 160 valence electrons. The van der Waals surface area contributed by atoms with Crippen molar-refractivity contribution in [1.29, 1.82) is 0 Å². The Kier molecular flexibility index (Phi) is 5.89. The Morgan fingerprint density at radius 3 is 2.63 bits per heavy atom. The lowest BCUT2D eigenvalue weighted by Gasteiger charge is -2.25. The van der Waals surface area contributed by atoms with Crippen molar-refractivity contribution in [3.8, 4) is 0 Å². The van der Waals surface area contributed by atoms with Gasteiger partial charge in [0.15, 0.2) is 5.13 Å². The molecule has 3 aromatic heterocycles. The molecule has 0 aromatic carbocycles. The Hall–Kier alpha value is -1.94. The van der Waals surface area contributed by atoms with E-state index in [1.165, 1.54) is 22.7 Å². The first-order valence-electron chi connectivity index (χ1n) is 10.1.